The maximum atomic E-state index is 11.9. The van der Waals surface area contributed by atoms with Crippen LogP contribution in [0.4, 0.5) is 5.69 Å². The number of carbonyl (C=O) groups is 1. The Morgan fingerprint density at radius 1 is 1.14 bits per heavy atom. The Morgan fingerprint density at radius 2 is 1.77 bits per heavy atom. The van der Waals surface area contributed by atoms with Gasteiger partial charge in [-0.05, 0) is 18.2 Å². The Morgan fingerprint density at radius 3 is 2.41 bits per heavy atom. The fourth-order valence-corrected chi connectivity index (χ4v) is 2.17. The molecule has 0 heterocycles. The van der Waals surface area contributed by atoms with E-state index in [1.165, 1.54) is 30.5 Å². The summed E-state index contributed by atoms with van der Waals surface area (Å²) in [6, 6.07) is 10.5. The van der Waals surface area contributed by atoms with Crippen molar-refractivity contribution in [1.82, 2.24) is 5.43 Å². The highest BCUT2D eigenvalue weighted by molar-refractivity contribution is 6.38. The summed E-state index contributed by atoms with van der Waals surface area (Å²) >= 11 is 11.9. The van der Waals surface area contributed by atoms with Crippen molar-refractivity contribution in [2.75, 3.05) is 0 Å². The Bertz CT molecular complexity index is 742. The molecule has 0 aliphatic heterocycles. The maximum Gasteiger partial charge on any atom is 0.282 e. The molecule has 0 bridgehead atoms. The van der Waals surface area contributed by atoms with E-state index in [0.717, 1.165) is 0 Å². The highest BCUT2D eigenvalue weighted by Gasteiger charge is 2.18. The van der Waals surface area contributed by atoms with E-state index >= 15 is 0 Å². The van der Waals surface area contributed by atoms with Crippen LogP contribution in [0.2, 0.25) is 10.0 Å². The number of benzene rings is 2. The third-order valence-electron chi connectivity index (χ3n) is 2.70. The van der Waals surface area contributed by atoms with E-state index in [9.17, 15) is 14.9 Å². The largest absolute Gasteiger partial charge is 0.282 e. The summed E-state index contributed by atoms with van der Waals surface area (Å²) in [5, 5.41) is 15.3. The molecule has 0 radical (unpaired) electrons. The average Bonchev–Trinajstić information content (AvgIpc) is 2.50. The summed E-state index contributed by atoms with van der Waals surface area (Å²) in [5.74, 6) is -0.702. The molecule has 22 heavy (non-hydrogen) atoms. The highest BCUT2D eigenvalue weighted by atomic mass is 35.5. The summed E-state index contributed by atoms with van der Waals surface area (Å²) in [5.41, 5.74) is 2.26. The monoisotopic (exact) mass is 337 g/mol. The van der Waals surface area contributed by atoms with Gasteiger partial charge in [-0.15, -0.1) is 0 Å². The van der Waals surface area contributed by atoms with Gasteiger partial charge in [-0.1, -0.05) is 41.4 Å². The van der Waals surface area contributed by atoms with Gasteiger partial charge >= 0.3 is 0 Å². The second-order valence-electron chi connectivity index (χ2n) is 4.11. The summed E-state index contributed by atoms with van der Waals surface area (Å²) < 4.78 is 0. The van der Waals surface area contributed by atoms with E-state index in [-0.39, 0.29) is 11.3 Å². The molecule has 0 spiro atoms. The van der Waals surface area contributed by atoms with Crippen LogP contribution in [0.15, 0.2) is 47.6 Å². The molecule has 6 nitrogen and oxygen atoms in total. The summed E-state index contributed by atoms with van der Waals surface area (Å²) in [7, 11) is 0. The van der Waals surface area contributed by atoms with E-state index in [4.69, 9.17) is 23.2 Å². The number of nitro benzene ring substituents is 1. The topological polar surface area (TPSA) is 84.6 Å². The SMILES string of the molecule is O=C(NN=Cc1c(Cl)cccc1Cl)c1ccccc1[N+](=O)[O-]. The molecule has 112 valence electrons. The Balaban J connectivity index is 2.17. The van der Waals surface area contributed by atoms with Crippen LogP contribution in [0, 0.1) is 10.1 Å². The van der Waals surface area contributed by atoms with Crippen molar-refractivity contribution in [2.24, 2.45) is 5.10 Å². The lowest BCUT2D eigenvalue weighted by Crippen LogP contribution is -2.19. The van der Waals surface area contributed by atoms with Gasteiger partial charge in [-0.2, -0.15) is 5.10 Å². The van der Waals surface area contributed by atoms with Crippen LogP contribution in [-0.4, -0.2) is 17.0 Å². The van der Waals surface area contributed by atoms with Crippen LogP contribution in [0.3, 0.4) is 0 Å². The predicted octanol–water partition coefficient (Wildman–Crippen LogP) is 3.67. The number of hydrogen-bond acceptors (Lipinski definition) is 4. The molecule has 2 aromatic carbocycles. The van der Waals surface area contributed by atoms with Gasteiger partial charge in [0, 0.05) is 11.6 Å². The van der Waals surface area contributed by atoms with Crippen LogP contribution >= 0.6 is 23.2 Å². The summed E-state index contributed by atoms with van der Waals surface area (Å²) in [6.07, 6.45) is 1.28. The number of nitro groups is 1. The van der Waals surface area contributed by atoms with E-state index in [1.54, 1.807) is 18.2 Å². The van der Waals surface area contributed by atoms with Crippen molar-refractivity contribution in [3.05, 3.63) is 73.8 Å². The Labute approximate surface area is 135 Å². The van der Waals surface area contributed by atoms with Gasteiger partial charge in [0.15, 0.2) is 0 Å². The normalized spacial score (nSPS) is 10.6. The van der Waals surface area contributed by atoms with Gasteiger partial charge in [0.2, 0.25) is 0 Å². The molecule has 1 amide bonds. The van der Waals surface area contributed by atoms with E-state index in [1.807, 2.05) is 0 Å². The van der Waals surface area contributed by atoms with E-state index in [2.05, 4.69) is 10.5 Å². The fourth-order valence-electron chi connectivity index (χ4n) is 1.67. The molecule has 0 aliphatic carbocycles. The molecule has 0 fully saturated rings. The third-order valence-corrected chi connectivity index (χ3v) is 3.36. The van der Waals surface area contributed by atoms with Crippen molar-refractivity contribution in [2.45, 2.75) is 0 Å². The van der Waals surface area contributed by atoms with Crippen molar-refractivity contribution < 1.29 is 9.72 Å². The number of halogens is 2. The summed E-state index contributed by atoms with van der Waals surface area (Å²) in [6.45, 7) is 0. The fraction of sp³-hybridized carbons (Fsp3) is 0. The van der Waals surface area contributed by atoms with Gasteiger partial charge in [0.05, 0.1) is 21.2 Å². The number of rotatable bonds is 4. The minimum absolute atomic E-state index is 0.0881. The highest BCUT2D eigenvalue weighted by Crippen LogP contribution is 2.22. The van der Waals surface area contributed by atoms with Crippen molar-refractivity contribution in [3.63, 3.8) is 0 Å². The lowest BCUT2D eigenvalue weighted by Gasteiger charge is -2.02. The molecule has 0 aromatic heterocycles. The average molecular weight is 338 g/mol. The summed E-state index contributed by atoms with van der Waals surface area (Å²) in [4.78, 5) is 22.2. The zero-order valence-electron chi connectivity index (χ0n) is 11.0. The predicted molar refractivity (Wildman–Crippen MR) is 84.6 cm³/mol. The molecule has 8 heteroatoms. The smallest absolute Gasteiger partial charge is 0.267 e. The zero-order valence-corrected chi connectivity index (χ0v) is 12.5. The first-order valence-electron chi connectivity index (χ1n) is 6.01. The van der Waals surface area contributed by atoms with Gasteiger partial charge < -0.3 is 0 Å². The Hall–Kier alpha value is -2.44. The number of hydrogen-bond donors (Lipinski definition) is 1. The Kier molecular flexibility index (Phi) is 5.08. The van der Waals surface area contributed by atoms with E-state index < -0.39 is 10.8 Å². The van der Waals surface area contributed by atoms with E-state index in [0.29, 0.717) is 15.6 Å². The van der Waals surface area contributed by atoms with Crippen LogP contribution in [0.25, 0.3) is 0 Å². The molecular formula is C14H9Cl2N3O3. The molecule has 1 N–H and O–H groups in total. The van der Waals surface area contributed by atoms with Gasteiger partial charge in [0.1, 0.15) is 5.56 Å². The van der Waals surface area contributed by atoms with Crippen molar-refractivity contribution >= 4 is 41.0 Å². The molecule has 0 atom stereocenters. The second kappa shape index (κ2) is 7.02. The van der Waals surface area contributed by atoms with Crippen LogP contribution in [0.1, 0.15) is 15.9 Å². The quantitative estimate of drug-likeness (QED) is 0.524. The molecule has 0 saturated carbocycles. The number of hydrazone groups is 1. The first-order chi connectivity index (χ1) is 10.5. The van der Waals surface area contributed by atoms with Crippen LogP contribution in [-0.2, 0) is 0 Å². The van der Waals surface area contributed by atoms with Gasteiger partial charge in [0.25, 0.3) is 11.6 Å². The first-order valence-corrected chi connectivity index (χ1v) is 6.77. The second-order valence-corrected chi connectivity index (χ2v) is 4.92. The molecular weight excluding hydrogens is 329 g/mol. The van der Waals surface area contributed by atoms with Gasteiger partial charge in [-0.25, -0.2) is 5.43 Å². The molecule has 0 unspecified atom stereocenters. The van der Waals surface area contributed by atoms with Crippen molar-refractivity contribution in [3.8, 4) is 0 Å². The van der Waals surface area contributed by atoms with Crippen LogP contribution in [0.5, 0.6) is 0 Å². The molecule has 0 saturated heterocycles. The maximum absolute atomic E-state index is 11.9. The minimum atomic E-state index is -0.702. The number of para-hydroxylation sites is 1. The molecule has 2 rings (SSSR count). The molecule has 0 aliphatic rings. The lowest BCUT2D eigenvalue weighted by atomic mass is 10.2. The van der Waals surface area contributed by atoms with Crippen LogP contribution < -0.4 is 5.43 Å². The standard InChI is InChI=1S/C14H9Cl2N3O3/c15-11-5-3-6-12(16)10(11)8-17-18-14(20)9-4-1-2-7-13(9)19(21)22/h1-8H,(H,18,20). The lowest BCUT2D eigenvalue weighted by molar-refractivity contribution is -0.385. The third kappa shape index (κ3) is 3.60. The zero-order chi connectivity index (χ0) is 16.1. The number of amides is 1. The first kappa shape index (κ1) is 15.9. The van der Waals surface area contributed by atoms with Gasteiger partial charge in [-0.3, -0.25) is 14.9 Å². The van der Waals surface area contributed by atoms with Crippen molar-refractivity contribution in [1.29, 1.82) is 0 Å². The number of nitrogens with zero attached hydrogens (tertiary/aromatic N) is 2. The number of nitrogens with one attached hydrogen (secondary N) is 1. The number of carbonyl (C=O) groups excluding carboxylic acids is 1. The molecule has 2 aromatic rings. The minimum Gasteiger partial charge on any atom is -0.267 e.